The number of hydrogen-bond acceptors (Lipinski definition) is 3. The molecule has 0 saturated heterocycles. The second-order valence-electron chi connectivity index (χ2n) is 4.31. The van der Waals surface area contributed by atoms with Crippen molar-refractivity contribution in [2.75, 3.05) is 11.4 Å². The highest BCUT2D eigenvalue weighted by atomic mass is 19.1. The summed E-state index contributed by atoms with van der Waals surface area (Å²) >= 11 is 0. The molecule has 1 heterocycles. The molecule has 0 fully saturated rings. The molecule has 2 rings (SSSR count). The molecule has 1 aromatic carbocycles. The second-order valence-corrected chi connectivity index (χ2v) is 4.31. The minimum atomic E-state index is -1.03. The SMILES string of the molecule is CCN(c1cccc(F)c1)c1ncccc1/C=C/C(=O)O. The summed E-state index contributed by atoms with van der Waals surface area (Å²) in [6.07, 6.45) is 4.15. The third-order valence-electron chi connectivity index (χ3n) is 2.91. The first kappa shape index (κ1) is 14.7. The van der Waals surface area contributed by atoms with Gasteiger partial charge in [0.05, 0.1) is 0 Å². The van der Waals surface area contributed by atoms with E-state index in [2.05, 4.69) is 4.98 Å². The molecule has 2 aromatic rings. The number of anilines is 2. The highest BCUT2D eigenvalue weighted by Crippen LogP contribution is 2.27. The van der Waals surface area contributed by atoms with E-state index >= 15 is 0 Å². The van der Waals surface area contributed by atoms with Crippen LogP contribution >= 0.6 is 0 Å². The number of carboxylic acid groups (broad SMARTS) is 1. The van der Waals surface area contributed by atoms with Gasteiger partial charge < -0.3 is 10.0 Å². The van der Waals surface area contributed by atoms with Gasteiger partial charge in [0.2, 0.25) is 0 Å². The van der Waals surface area contributed by atoms with Crippen molar-refractivity contribution < 1.29 is 14.3 Å². The first-order valence-electron chi connectivity index (χ1n) is 6.51. The number of halogens is 1. The summed E-state index contributed by atoms with van der Waals surface area (Å²) in [5.41, 5.74) is 1.33. The Kier molecular flexibility index (Phi) is 4.66. The summed E-state index contributed by atoms with van der Waals surface area (Å²) in [5.74, 6) is -0.772. The molecular formula is C16H15FN2O2. The van der Waals surface area contributed by atoms with Gasteiger partial charge in [0, 0.05) is 30.1 Å². The highest BCUT2D eigenvalue weighted by molar-refractivity contribution is 5.87. The number of pyridine rings is 1. The van der Waals surface area contributed by atoms with E-state index in [4.69, 9.17) is 5.11 Å². The van der Waals surface area contributed by atoms with E-state index in [-0.39, 0.29) is 5.82 Å². The van der Waals surface area contributed by atoms with Crippen molar-refractivity contribution >= 4 is 23.6 Å². The van der Waals surface area contributed by atoms with Crippen LogP contribution in [0, 0.1) is 5.82 Å². The molecule has 0 bridgehead atoms. The number of aromatic nitrogens is 1. The van der Waals surface area contributed by atoms with Crippen LogP contribution in [0.25, 0.3) is 6.08 Å². The number of aliphatic carboxylic acids is 1. The van der Waals surface area contributed by atoms with Crippen LogP contribution in [0.15, 0.2) is 48.7 Å². The molecule has 0 radical (unpaired) electrons. The molecular weight excluding hydrogens is 271 g/mol. The number of rotatable bonds is 5. The van der Waals surface area contributed by atoms with Gasteiger partial charge in [-0.15, -0.1) is 0 Å². The minimum Gasteiger partial charge on any atom is -0.478 e. The Morgan fingerprint density at radius 1 is 1.38 bits per heavy atom. The molecule has 4 nitrogen and oxygen atoms in total. The van der Waals surface area contributed by atoms with Crippen LogP contribution in [0.2, 0.25) is 0 Å². The van der Waals surface area contributed by atoms with E-state index in [9.17, 15) is 9.18 Å². The molecule has 0 aliphatic rings. The number of benzene rings is 1. The first-order chi connectivity index (χ1) is 10.1. The van der Waals surface area contributed by atoms with Gasteiger partial charge in [-0.2, -0.15) is 0 Å². The number of carboxylic acids is 1. The lowest BCUT2D eigenvalue weighted by molar-refractivity contribution is -0.131. The van der Waals surface area contributed by atoms with Crippen LogP contribution in [-0.4, -0.2) is 22.6 Å². The lowest BCUT2D eigenvalue weighted by Crippen LogP contribution is -2.18. The molecule has 0 aliphatic heterocycles. The van der Waals surface area contributed by atoms with E-state index in [1.165, 1.54) is 18.2 Å². The van der Waals surface area contributed by atoms with Crippen LogP contribution in [0.5, 0.6) is 0 Å². The fourth-order valence-corrected chi connectivity index (χ4v) is 2.02. The Balaban J connectivity index is 2.45. The third-order valence-corrected chi connectivity index (χ3v) is 2.91. The van der Waals surface area contributed by atoms with Crippen molar-refractivity contribution in [3.8, 4) is 0 Å². The Hall–Kier alpha value is -2.69. The Bertz CT molecular complexity index is 671. The second kappa shape index (κ2) is 6.65. The summed E-state index contributed by atoms with van der Waals surface area (Å²) in [5, 5.41) is 8.74. The van der Waals surface area contributed by atoms with Gasteiger partial charge in [-0.1, -0.05) is 6.07 Å². The summed E-state index contributed by atoms with van der Waals surface area (Å²) in [4.78, 5) is 16.8. The maximum atomic E-state index is 13.4. The van der Waals surface area contributed by atoms with Crippen molar-refractivity contribution in [1.29, 1.82) is 0 Å². The van der Waals surface area contributed by atoms with E-state index in [0.717, 1.165) is 6.08 Å². The number of hydrogen-bond donors (Lipinski definition) is 1. The average molecular weight is 286 g/mol. The van der Waals surface area contributed by atoms with Gasteiger partial charge in [-0.05, 0) is 43.3 Å². The summed E-state index contributed by atoms with van der Waals surface area (Å²) in [7, 11) is 0. The molecule has 0 atom stereocenters. The van der Waals surface area contributed by atoms with E-state index in [0.29, 0.717) is 23.6 Å². The van der Waals surface area contributed by atoms with Crippen molar-refractivity contribution in [3.05, 3.63) is 60.1 Å². The van der Waals surface area contributed by atoms with Gasteiger partial charge in [0.25, 0.3) is 0 Å². The zero-order chi connectivity index (χ0) is 15.2. The predicted octanol–water partition coefficient (Wildman–Crippen LogP) is 3.48. The summed E-state index contributed by atoms with van der Waals surface area (Å²) in [6.45, 7) is 2.50. The number of carbonyl (C=O) groups is 1. The molecule has 108 valence electrons. The maximum Gasteiger partial charge on any atom is 0.328 e. The standard InChI is InChI=1S/C16H15FN2O2/c1-2-19(14-7-3-6-13(17)11-14)16-12(5-4-10-18-16)8-9-15(20)21/h3-11H,2H2,1H3,(H,20,21)/b9-8+. The van der Waals surface area contributed by atoms with Crippen LogP contribution in [0.3, 0.4) is 0 Å². The Morgan fingerprint density at radius 3 is 2.86 bits per heavy atom. The molecule has 21 heavy (non-hydrogen) atoms. The normalized spacial score (nSPS) is 10.8. The average Bonchev–Trinajstić information content (AvgIpc) is 2.47. The van der Waals surface area contributed by atoms with Crippen molar-refractivity contribution in [3.63, 3.8) is 0 Å². The smallest absolute Gasteiger partial charge is 0.328 e. The minimum absolute atomic E-state index is 0.329. The summed E-state index contributed by atoms with van der Waals surface area (Å²) < 4.78 is 13.4. The number of nitrogens with zero attached hydrogens (tertiary/aromatic N) is 2. The lowest BCUT2D eigenvalue weighted by atomic mass is 10.2. The molecule has 0 spiro atoms. The predicted molar refractivity (Wildman–Crippen MR) is 80.0 cm³/mol. The van der Waals surface area contributed by atoms with Gasteiger partial charge in [-0.3, -0.25) is 0 Å². The summed E-state index contributed by atoms with van der Waals surface area (Å²) in [6, 6.07) is 9.70. The van der Waals surface area contributed by atoms with Crippen LogP contribution in [0.4, 0.5) is 15.9 Å². The fourth-order valence-electron chi connectivity index (χ4n) is 2.02. The molecule has 0 unspecified atom stereocenters. The van der Waals surface area contributed by atoms with Crippen LogP contribution in [-0.2, 0) is 4.79 Å². The van der Waals surface area contributed by atoms with Crippen LogP contribution in [0.1, 0.15) is 12.5 Å². The maximum absolute atomic E-state index is 13.4. The molecule has 5 heteroatoms. The lowest BCUT2D eigenvalue weighted by Gasteiger charge is -2.23. The van der Waals surface area contributed by atoms with Gasteiger partial charge in [0.15, 0.2) is 0 Å². The largest absolute Gasteiger partial charge is 0.478 e. The van der Waals surface area contributed by atoms with Crippen molar-refractivity contribution in [2.24, 2.45) is 0 Å². The molecule has 1 N–H and O–H groups in total. The monoisotopic (exact) mass is 286 g/mol. The Morgan fingerprint density at radius 2 is 2.19 bits per heavy atom. The van der Waals surface area contributed by atoms with E-state index < -0.39 is 5.97 Å². The van der Waals surface area contributed by atoms with E-state index in [1.807, 2.05) is 11.8 Å². The fraction of sp³-hybridized carbons (Fsp3) is 0.125. The quantitative estimate of drug-likeness (QED) is 0.855. The zero-order valence-electron chi connectivity index (χ0n) is 11.5. The van der Waals surface area contributed by atoms with Crippen molar-refractivity contribution in [1.82, 2.24) is 4.98 Å². The molecule has 1 aromatic heterocycles. The Labute approximate surface area is 122 Å². The zero-order valence-corrected chi connectivity index (χ0v) is 11.5. The highest BCUT2D eigenvalue weighted by Gasteiger charge is 2.12. The molecule has 0 amide bonds. The van der Waals surface area contributed by atoms with Crippen molar-refractivity contribution in [2.45, 2.75) is 6.92 Å². The first-order valence-corrected chi connectivity index (χ1v) is 6.51. The topological polar surface area (TPSA) is 53.4 Å². The van der Waals surface area contributed by atoms with Crippen LogP contribution < -0.4 is 4.90 Å². The van der Waals surface area contributed by atoms with E-state index in [1.54, 1.807) is 30.5 Å². The van der Waals surface area contributed by atoms with Gasteiger partial charge in [0.1, 0.15) is 11.6 Å². The molecule has 0 aliphatic carbocycles. The molecule has 0 saturated carbocycles. The van der Waals surface area contributed by atoms with Gasteiger partial charge in [-0.25, -0.2) is 14.2 Å². The third kappa shape index (κ3) is 3.66. The van der Waals surface area contributed by atoms with Gasteiger partial charge >= 0.3 is 5.97 Å².